The van der Waals surface area contributed by atoms with E-state index in [4.69, 9.17) is 0 Å². The van der Waals surface area contributed by atoms with E-state index < -0.39 is 29.9 Å². The Morgan fingerprint density at radius 2 is 1.91 bits per heavy atom. The van der Waals surface area contributed by atoms with Crippen LogP contribution in [0.25, 0.3) is 0 Å². The number of imide groups is 1. The quantitative estimate of drug-likeness (QED) is 0.704. The van der Waals surface area contributed by atoms with Crippen LogP contribution in [0.1, 0.15) is 28.7 Å². The molecule has 1 spiro atoms. The van der Waals surface area contributed by atoms with Gasteiger partial charge >= 0.3 is 6.03 Å². The molecule has 4 rings (SSSR count). The Kier molecular flexibility index (Phi) is 5.46. The lowest BCUT2D eigenvalue weighted by Gasteiger charge is -2.23. The van der Waals surface area contributed by atoms with Crippen molar-refractivity contribution in [2.75, 3.05) is 25.5 Å². The smallest absolute Gasteiger partial charge is 0.325 e. The summed E-state index contributed by atoms with van der Waals surface area (Å²) in [6.07, 6.45) is 1.15. The van der Waals surface area contributed by atoms with E-state index in [1.165, 1.54) is 11.9 Å². The van der Waals surface area contributed by atoms with Crippen LogP contribution in [0.15, 0.2) is 42.5 Å². The number of hydrogen-bond donors (Lipinski definition) is 2. The molecule has 1 fully saturated rings. The summed E-state index contributed by atoms with van der Waals surface area (Å²) in [5.74, 6) is -1.27. The van der Waals surface area contributed by atoms with E-state index in [-0.39, 0.29) is 12.5 Å². The van der Waals surface area contributed by atoms with E-state index in [9.17, 15) is 19.2 Å². The second-order valence-corrected chi connectivity index (χ2v) is 8.50. The Balaban J connectivity index is 1.40. The van der Waals surface area contributed by atoms with Gasteiger partial charge in [0.15, 0.2) is 0 Å². The largest absolute Gasteiger partial charge is 0.335 e. The first-order valence-corrected chi connectivity index (χ1v) is 10.5. The van der Waals surface area contributed by atoms with Gasteiger partial charge in [0.25, 0.3) is 5.91 Å². The summed E-state index contributed by atoms with van der Waals surface area (Å²) in [7, 11) is 1.48. The minimum Gasteiger partial charge on any atom is -0.335 e. The molecule has 0 bridgehead atoms. The number of carbonyl (C=O) groups excluding carboxylic acids is 4. The molecule has 1 aliphatic heterocycles. The Labute approximate surface area is 186 Å². The van der Waals surface area contributed by atoms with E-state index in [0.717, 1.165) is 27.2 Å². The fourth-order valence-electron chi connectivity index (χ4n) is 4.35. The zero-order valence-corrected chi connectivity index (χ0v) is 18.4. The predicted octanol–water partition coefficient (Wildman–Crippen LogP) is 2.09. The van der Waals surface area contributed by atoms with Crippen molar-refractivity contribution in [3.63, 3.8) is 0 Å². The van der Waals surface area contributed by atoms with Crippen LogP contribution in [-0.2, 0) is 26.3 Å². The molecule has 2 aromatic rings. The van der Waals surface area contributed by atoms with Gasteiger partial charge in [-0.3, -0.25) is 19.3 Å². The molecule has 1 atom stereocenters. The molecule has 2 aliphatic rings. The molecule has 32 heavy (non-hydrogen) atoms. The van der Waals surface area contributed by atoms with Crippen molar-refractivity contribution in [3.05, 3.63) is 64.7 Å². The van der Waals surface area contributed by atoms with Gasteiger partial charge in [0.1, 0.15) is 12.1 Å². The van der Waals surface area contributed by atoms with Crippen LogP contribution >= 0.6 is 0 Å². The third kappa shape index (κ3) is 3.72. The molecule has 1 saturated heterocycles. The first-order valence-electron chi connectivity index (χ1n) is 10.5. The van der Waals surface area contributed by atoms with Crippen molar-refractivity contribution >= 4 is 29.4 Å². The zero-order chi connectivity index (χ0) is 23.0. The molecule has 2 N–H and O–H groups in total. The number of benzene rings is 2. The highest BCUT2D eigenvalue weighted by Crippen LogP contribution is 2.41. The highest BCUT2D eigenvalue weighted by Gasteiger charge is 2.55. The Morgan fingerprint density at radius 1 is 1.16 bits per heavy atom. The number of carbonyl (C=O) groups is 4. The lowest BCUT2D eigenvalue weighted by Crippen LogP contribution is -2.45. The van der Waals surface area contributed by atoms with Gasteiger partial charge < -0.3 is 15.5 Å². The predicted molar refractivity (Wildman–Crippen MR) is 119 cm³/mol. The van der Waals surface area contributed by atoms with Gasteiger partial charge in [-0.05, 0) is 55.0 Å². The van der Waals surface area contributed by atoms with Crippen molar-refractivity contribution in [2.45, 2.75) is 32.2 Å². The fourth-order valence-corrected chi connectivity index (χ4v) is 4.35. The molecule has 2 aromatic carbocycles. The number of hydrogen-bond acceptors (Lipinski definition) is 4. The topological polar surface area (TPSA) is 98.8 Å². The fraction of sp³-hybridized carbons (Fsp3) is 0.333. The first kappa shape index (κ1) is 21.5. The Hall–Kier alpha value is -3.68. The number of rotatable bonds is 5. The van der Waals surface area contributed by atoms with Gasteiger partial charge in [0.2, 0.25) is 11.8 Å². The summed E-state index contributed by atoms with van der Waals surface area (Å²) in [6.45, 7) is 3.21. The molecule has 1 aliphatic carbocycles. The SMILES string of the molecule is Cc1ccc(C)c(NC(=O)CN(C)C(=O)CN2C(=O)NC3(CCc4ccccc43)C2=O)c1. The Morgan fingerprint density at radius 3 is 2.69 bits per heavy atom. The minimum atomic E-state index is -1.10. The maximum Gasteiger partial charge on any atom is 0.325 e. The number of aryl methyl sites for hydroxylation is 3. The van der Waals surface area contributed by atoms with E-state index in [0.29, 0.717) is 18.5 Å². The summed E-state index contributed by atoms with van der Waals surface area (Å²) in [5, 5.41) is 5.61. The van der Waals surface area contributed by atoms with Crippen LogP contribution in [0.2, 0.25) is 0 Å². The standard InChI is InChI=1S/C24H26N4O4/c1-15-8-9-16(2)19(12-15)25-20(29)13-27(3)21(30)14-28-22(31)24(26-23(28)32)11-10-17-6-4-5-7-18(17)24/h4-9,12H,10-11,13-14H2,1-3H3,(H,25,29)(H,26,32). The third-order valence-corrected chi connectivity index (χ3v) is 6.19. The minimum absolute atomic E-state index is 0.191. The van der Waals surface area contributed by atoms with Crippen molar-refractivity contribution < 1.29 is 19.2 Å². The molecule has 0 saturated carbocycles. The van der Waals surface area contributed by atoms with Gasteiger partial charge in [-0.1, -0.05) is 36.4 Å². The molecule has 5 amide bonds. The number of amides is 5. The van der Waals surface area contributed by atoms with Crippen LogP contribution in [0.5, 0.6) is 0 Å². The maximum absolute atomic E-state index is 13.2. The molecule has 0 radical (unpaired) electrons. The highest BCUT2D eigenvalue weighted by molar-refractivity contribution is 6.10. The normalized spacial score (nSPS) is 19.2. The summed E-state index contributed by atoms with van der Waals surface area (Å²) >= 11 is 0. The molecule has 1 heterocycles. The number of nitrogens with one attached hydrogen (secondary N) is 2. The first-order chi connectivity index (χ1) is 15.2. The van der Waals surface area contributed by atoms with Gasteiger partial charge in [-0.2, -0.15) is 0 Å². The van der Waals surface area contributed by atoms with Gasteiger partial charge in [-0.25, -0.2) is 4.79 Å². The summed E-state index contributed by atoms with van der Waals surface area (Å²) in [6, 6.07) is 12.7. The van der Waals surface area contributed by atoms with Crippen molar-refractivity contribution in [2.24, 2.45) is 0 Å². The summed E-state index contributed by atoms with van der Waals surface area (Å²) < 4.78 is 0. The lowest BCUT2D eigenvalue weighted by molar-refractivity contribution is -0.139. The molecule has 0 aromatic heterocycles. The summed E-state index contributed by atoms with van der Waals surface area (Å²) in [5.41, 5.74) is 3.32. The van der Waals surface area contributed by atoms with Crippen molar-refractivity contribution in [1.82, 2.24) is 15.1 Å². The average molecular weight is 434 g/mol. The van der Waals surface area contributed by atoms with Gasteiger partial charge in [-0.15, -0.1) is 0 Å². The monoisotopic (exact) mass is 434 g/mol. The van der Waals surface area contributed by atoms with Gasteiger partial charge in [0.05, 0.1) is 6.54 Å². The lowest BCUT2D eigenvalue weighted by atomic mass is 9.92. The number of anilines is 1. The number of urea groups is 1. The molecular formula is C24H26N4O4. The van der Waals surface area contributed by atoms with Crippen LogP contribution < -0.4 is 10.6 Å². The van der Waals surface area contributed by atoms with Crippen molar-refractivity contribution in [3.8, 4) is 0 Å². The number of nitrogens with zero attached hydrogens (tertiary/aromatic N) is 2. The number of likely N-dealkylation sites (N-methyl/N-ethyl adjacent to an activating group) is 1. The van der Waals surface area contributed by atoms with Crippen molar-refractivity contribution in [1.29, 1.82) is 0 Å². The van der Waals surface area contributed by atoms with E-state index in [1.54, 1.807) is 0 Å². The molecule has 8 heteroatoms. The van der Waals surface area contributed by atoms with Crippen LogP contribution in [0.3, 0.4) is 0 Å². The number of fused-ring (bicyclic) bond motifs is 2. The second-order valence-electron chi connectivity index (χ2n) is 8.50. The molecular weight excluding hydrogens is 408 g/mol. The maximum atomic E-state index is 13.2. The zero-order valence-electron chi connectivity index (χ0n) is 18.4. The van der Waals surface area contributed by atoms with E-state index >= 15 is 0 Å². The molecule has 8 nitrogen and oxygen atoms in total. The van der Waals surface area contributed by atoms with Crippen LogP contribution in [0, 0.1) is 13.8 Å². The molecule has 166 valence electrons. The van der Waals surface area contributed by atoms with Crippen LogP contribution in [0.4, 0.5) is 10.5 Å². The second kappa shape index (κ2) is 8.11. The molecule has 1 unspecified atom stereocenters. The Bertz CT molecular complexity index is 1130. The van der Waals surface area contributed by atoms with Gasteiger partial charge in [0, 0.05) is 12.7 Å². The van der Waals surface area contributed by atoms with E-state index in [2.05, 4.69) is 10.6 Å². The van der Waals surface area contributed by atoms with E-state index in [1.807, 2.05) is 56.3 Å². The average Bonchev–Trinajstić information content (AvgIpc) is 3.24. The highest BCUT2D eigenvalue weighted by atomic mass is 16.2. The third-order valence-electron chi connectivity index (χ3n) is 6.19. The van der Waals surface area contributed by atoms with Crippen LogP contribution in [-0.4, -0.2) is 53.7 Å². The summed E-state index contributed by atoms with van der Waals surface area (Å²) in [4.78, 5) is 53.1.